The Morgan fingerprint density at radius 3 is 2.48 bits per heavy atom. The van der Waals surface area contributed by atoms with E-state index in [-0.39, 0.29) is 36.8 Å². The zero-order valence-electron chi connectivity index (χ0n) is 14.4. The largest absolute Gasteiger partial charge is 0.379 e. The molecule has 23 heavy (non-hydrogen) atoms. The van der Waals surface area contributed by atoms with Gasteiger partial charge in [0.15, 0.2) is 0 Å². The number of rotatable bonds is 5. The minimum absolute atomic E-state index is 0. The van der Waals surface area contributed by atoms with Gasteiger partial charge in [0.25, 0.3) is 0 Å². The van der Waals surface area contributed by atoms with E-state index in [1.54, 1.807) is 0 Å². The highest BCUT2D eigenvalue weighted by Gasteiger charge is 2.28. The van der Waals surface area contributed by atoms with Crippen LogP contribution >= 0.6 is 24.8 Å². The van der Waals surface area contributed by atoms with Crippen LogP contribution in [0.4, 0.5) is 0 Å². The number of piperidine rings is 1. The minimum atomic E-state index is -0.327. The molecule has 0 radical (unpaired) electrons. The molecule has 0 aromatic heterocycles. The summed E-state index contributed by atoms with van der Waals surface area (Å²) in [5.74, 6) is 1.21. The van der Waals surface area contributed by atoms with Crippen LogP contribution in [0.5, 0.6) is 0 Å². The van der Waals surface area contributed by atoms with E-state index in [1.807, 2.05) is 4.90 Å². The first-order chi connectivity index (χ1) is 10.1. The molecule has 2 saturated heterocycles. The standard InChI is InChI=1S/C16H31N3O2.2ClH/c1-13(2)10-15(17)16(20)19-5-3-4-14(12-19)11-18-6-8-21-9-7-18;;/h13-15H,3-12,17H2,1-2H3;2*1H/t14?,15-;;/m0../s1. The van der Waals surface area contributed by atoms with Crippen LogP contribution in [0.25, 0.3) is 0 Å². The molecule has 2 aliphatic heterocycles. The van der Waals surface area contributed by atoms with E-state index in [2.05, 4.69) is 18.7 Å². The fraction of sp³-hybridized carbons (Fsp3) is 0.938. The second-order valence-corrected chi connectivity index (χ2v) is 6.94. The van der Waals surface area contributed by atoms with E-state index in [9.17, 15) is 4.79 Å². The van der Waals surface area contributed by atoms with E-state index < -0.39 is 0 Å². The number of nitrogens with zero attached hydrogens (tertiary/aromatic N) is 2. The van der Waals surface area contributed by atoms with E-state index in [4.69, 9.17) is 10.5 Å². The molecule has 138 valence electrons. The van der Waals surface area contributed by atoms with Gasteiger partial charge in [-0.1, -0.05) is 13.8 Å². The Bertz CT molecular complexity index is 339. The Morgan fingerprint density at radius 1 is 1.22 bits per heavy atom. The second-order valence-electron chi connectivity index (χ2n) is 6.94. The number of nitrogens with two attached hydrogens (primary N) is 1. The third-order valence-corrected chi connectivity index (χ3v) is 4.49. The minimum Gasteiger partial charge on any atom is -0.379 e. The average molecular weight is 370 g/mol. The van der Waals surface area contributed by atoms with E-state index >= 15 is 0 Å². The third kappa shape index (κ3) is 7.57. The molecule has 0 spiro atoms. The summed E-state index contributed by atoms with van der Waals surface area (Å²) >= 11 is 0. The summed E-state index contributed by atoms with van der Waals surface area (Å²) in [5.41, 5.74) is 6.06. The molecule has 0 bridgehead atoms. The van der Waals surface area contributed by atoms with Gasteiger partial charge in [-0.15, -0.1) is 24.8 Å². The zero-order chi connectivity index (χ0) is 15.2. The molecule has 1 amide bonds. The van der Waals surface area contributed by atoms with Gasteiger partial charge in [0.05, 0.1) is 19.3 Å². The van der Waals surface area contributed by atoms with Crippen LogP contribution in [0.15, 0.2) is 0 Å². The van der Waals surface area contributed by atoms with Gasteiger partial charge in [0.1, 0.15) is 0 Å². The molecule has 0 saturated carbocycles. The predicted molar refractivity (Wildman–Crippen MR) is 98.5 cm³/mol. The number of halogens is 2. The summed E-state index contributed by atoms with van der Waals surface area (Å²) in [6.45, 7) is 10.8. The molecule has 2 aliphatic rings. The Kier molecular flexibility index (Phi) is 11.4. The molecule has 7 heteroatoms. The smallest absolute Gasteiger partial charge is 0.239 e. The number of hydrogen-bond acceptors (Lipinski definition) is 4. The summed E-state index contributed by atoms with van der Waals surface area (Å²) in [5, 5.41) is 0. The maximum atomic E-state index is 12.4. The van der Waals surface area contributed by atoms with E-state index in [1.165, 1.54) is 6.42 Å². The van der Waals surface area contributed by atoms with Crippen molar-refractivity contribution in [3.63, 3.8) is 0 Å². The van der Waals surface area contributed by atoms with Crippen LogP contribution in [0.1, 0.15) is 33.1 Å². The molecule has 2 rings (SSSR count). The zero-order valence-corrected chi connectivity index (χ0v) is 16.0. The van der Waals surface area contributed by atoms with Crippen molar-refractivity contribution in [2.45, 2.75) is 39.2 Å². The van der Waals surface area contributed by atoms with Crippen molar-refractivity contribution in [2.24, 2.45) is 17.6 Å². The Balaban J connectivity index is 0.00000242. The van der Waals surface area contributed by atoms with E-state index in [0.717, 1.165) is 58.8 Å². The predicted octanol–water partition coefficient (Wildman–Crippen LogP) is 1.77. The van der Waals surface area contributed by atoms with Gasteiger partial charge in [-0.2, -0.15) is 0 Å². The van der Waals surface area contributed by atoms with Crippen molar-refractivity contribution in [3.05, 3.63) is 0 Å². The van der Waals surface area contributed by atoms with Crippen molar-refractivity contribution in [3.8, 4) is 0 Å². The fourth-order valence-corrected chi connectivity index (χ4v) is 3.41. The summed E-state index contributed by atoms with van der Waals surface area (Å²) in [7, 11) is 0. The normalized spacial score (nSPS) is 23.8. The van der Waals surface area contributed by atoms with Crippen molar-refractivity contribution >= 4 is 30.7 Å². The van der Waals surface area contributed by atoms with Crippen molar-refractivity contribution in [2.75, 3.05) is 45.9 Å². The molecular formula is C16H33Cl2N3O2. The highest BCUT2D eigenvalue weighted by molar-refractivity contribution is 5.85. The maximum Gasteiger partial charge on any atom is 0.239 e. The third-order valence-electron chi connectivity index (χ3n) is 4.49. The summed E-state index contributed by atoms with van der Waals surface area (Å²) in [6.07, 6.45) is 3.11. The molecule has 2 fully saturated rings. The van der Waals surface area contributed by atoms with Crippen molar-refractivity contribution in [1.82, 2.24) is 9.80 Å². The van der Waals surface area contributed by atoms with Gasteiger partial charge < -0.3 is 15.4 Å². The number of likely N-dealkylation sites (tertiary alicyclic amines) is 1. The maximum absolute atomic E-state index is 12.4. The van der Waals surface area contributed by atoms with Gasteiger partial charge in [0, 0.05) is 32.7 Å². The van der Waals surface area contributed by atoms with E-state index in [0.29, 0.717) is 11.8 Å². The van der Waals surface area contributed by atoms with Gasteiger partial charge >= 0.3 is 0 Å². The molecule has 1 unspecified atom stereocenters. The number of carbonyl (C=O) groups excluding carboxylic acids is 1. The molecular weight excluding hydrogens is 337 g/mol. The fourth-order valence-electron chi connectivity index (χ4n) is 3.41. The number of morpholine rings is 1. The molecule has 2 N–H and O–H groups in total. The Labute approximate surface area is 153 Å². The lowest BCUT2D eigenvalue weighted by molar-refractivity contribution is -0.135. The van der Waals surface area contributed by atoms with Crippen LogP contribution in [-0.4, -0.2) is 67.7 Å². The summed E-state index contributed by atoms with van der Waals surface area (Å²) < 4.78 is 5.39. The lowest BCUT2D eigenvalue weighted by Gasteiger charge is -2.37. The van der Waals surface area contributed by atoms with Crippen LogP contribution in [-0.2, 0) is 9.53 Å². The summed E-state index contributed by atoms with van der Waals surface area (Å²) in [6, 6.07) is -0.327. The first-order valence-electron chi connectivity index (χ1n) is 8.40. The first kappa shape index (κ1) is 22.9. The lowest BCUT2D eigenvalue weighted by atomic mass is 9.95. The van der Waals surface area contributed by atoms with Crippen LogP contribution < -0.4 is 5.73 Å². The topological polar surface area (TPSA) is 58.8 Å². The molecule has 0 aromatic carbocycles. The van der Waals surface area contributed by atoms with Crippen LogP contribution in [0.3, 0.4) is 0 Å². The monoisotopic (exact) mass is 369 g/mol. The first-order valence-corrected chi connectivity index (χ1v) is 8.40. The van der Waals surface area contributed by atoms with Crippen LogP contribution in [0, 0.1) is 11.8 Å². The van der Waals surface area contributed by atoms with Crippen molar-refractivity contribution in [1.29, 1.82) is 0 Å². The quantitative estimate of drug-likeness (QED) is 0.802. The van der Waals surface area contributed by atoms with Crippen LogP contribution in [0.2, 0.25) is 0 Å². The SMILES string of the molecule is CC(C)C[C@H](N)C(=O)N1CCCC(CN2CCOCC2)C1.Cl.Cl. The molecule has 0 aliphatic carbocycles. The number of ether oxygens (including phenoxy) is 1. The molecule has 0 aromatic rings. The number of hydrogen-bond donors (Lipinski definition) is 1. The lowest BCUT2D eigenvalue weighted by Crippen LogP contribution is -2.50. The van der Waals surface area contributed by atoms with Gasteiger partial charge in [-0.05, 0) is 31.1 Å². The average Bonchev–Trinajstić information content (AvgIpc) is 2.47. The highest BCUT2D eigenvalue weighted by atomic mass is 35.5. The summed E-state index contributed by atoms with van der Waals surface area (Å²) in [4.78, 5) is 16.9. The molecule has 5 nitrogen and oxygen atoms in total. The van der Waals surface area contributed by atoms with Gasteiger partial charge in [0.2, 0.25) is 5.91 Å². The van der Waals surface area contributed by atoms with Crippen molar-refractivity contribution < 1.29 is 9.53 Å². The molecule has 2 heterocycles. The Morgan fingerprint density at radius 2 is 1.87 bits per heavy atom. The van der Waals surface area contributed by atoms with Gasteiger partial charge in [-0.3, -0.25) is 9.69 Å². The Hall–Kier alpha value is -0.0700. The number of carbonyl (C=O) groups is 1. The highest BCUT2D eigenvalue weighted by Crippen LogP contribution is 2.19. The molecule has 2 atom stereocenters. The van der Waals surface area contributed by atoms with Gasteiger partial charge in [-0.25, -0.2) is 0 Å². The number of amides is 1. The second kappa shape index (κ2) is 11.5.